The second-order valence-electron chi connectivity index (χ2n) is 18.8. The molecule has 0 saturated carbocycles. The maximum atomic E-state index is 12.7. The van der Waals surface area contributed by atoms with Crippen LogP contribution < -0.4 is 5.73 Å². The molecule has 70 heavy (non-hydrogen) atoms. The van der Waals surface area contributed by atoms with E-state index < -0.39 is 13.9 Å². The van der Waals surface area contributed by atoms with Crippen molar-refractivity contribution in [2.24, 2.45) is 5.73 Å². The summed E-state index contributed by atoms with van der Waals surface area (Å²) in [4.78, 5) is 22.7. The Bertz CT molecular complexity index is 1400. The second kappa shape index (κ2) is 57.3. The van der Waals surface area contributed by atoms with Gasteiger partial charge < -0.3 is 20.1 Å². The normalized spacial score (nSPS) is 13.9. The molecule has 8 nitrogen and oxygen atoms in total. The van der Waals surface area contributed by atoms with E-state index in [-0.39, 0.29) is 32.3 Å². The molecule has 0 aliphatic rings. The summed E-state index contributed by atoms with van der Waals surface area (Å²) < 4.78 is 33.7. The first-order chi connectivity index (χ1) is 34.4. The van der Waals surface area contributed by atoms with Gasteiger partial charge in [0.05, 0.1) is 19.8 Å². The van der Waals surface area contributed by atoms with Crippen LogP contribution in [0.25, 0.3) is 0 Å². The molecular formula is C61H108NO7P. The molecule has 2 atom stereocenters. The minimum Gasteiger partial charge on any atom is -0.457 e. The third kappa shape index (κ3) is 56.3. The van der Waals surface area contributed by atoms with E-state index >= 15 is 0 Å². The average molecular weight is 999 g/mol. The van der Waals surface area contributed by atoms with Gasteiger partial charge in [0.15, 0.2) is 0 Å². The number of unbranched alkanes of at least 4 members (excludes halogenated alkanes) is 25. The average Bonchev–Trinajstić information content (AvgIpc) is 3.35. The van der Waals surface area contributed by atoms with Gasteiger partial charge in [0.25, 0.3) is 0 Å². The lowest BCUT2D eigenvalue weighted by atomic mass is 10.0. The fourth-order valence-corrected chi connectivity index (χ4v) is 8.56. The van der Waals surface area contributed by atoms with Crippen LogP contribution in [0.2, 0.25) is 0 Å². The summed E-state index contributed by atoms with van der Waals surface area (Å²) in [5, 5.41) is 0. The summed E-state index contributed by atoms with van der Waals surface area (Å²) >= 11 is 0. The van der Waals surface area contributed by atoms with E-state index in [1.807, 2.05) is 0 Å². The van der Waals surface area contributed by atoms with Gasteiger partial charge in [-0.25, -0.2) is 4.57 Å². The number of phosphoric ester groups is 1. The van der Waals surface area contributed by atoms with Crippen molar-refractivity contribution in [3.05, 3.63) is 97.2 Å². The highest BCUT2D eigenvalue weighted by Gasteiger charge is 2.25. The van der Waals surface area contributed by atoms with Crippen molar-refractivity contribution in [1.29, 1.82) is 0 Å². The standard InChI is InChI=1S/C61H108NO7P/c1-3-5-7-9-11-13-15-17-19-21-23-25-27-29-31-33-35-37-39-41-43-45-47-49-51-53-56-66-58-60(59-68-70(64,65)67-57-55-62)69-61(63)54-52-50-48-46-44-42-40-38-36-34-32-30-28-26-24-22-20-18-16-14-12-10-8-6-4-2/h6,8,12,14-15,17-18,20-21,23-24,26,30,32,36,38,60H,3-5,7,9-11,13,16,19,22,25,27-29,31,33-35,37,39-59,62H2,1-2H3,(H,64,65)/b8-6-,14-12-,17-15-,20-18-,23-21-,26-24-,32-30-,38-36-. The predicted molar refractivity (Wildman–Crippen MR) is 302 cm³/mol. The quantitative estimate of drug-likeness (QED) is 0.0268. The van der Waals surface area contributed by atoms with Gasteiger partial charge in [0, 0.05) is 19.6 Å². The topological polar surface area (TPSA) is 117 Å². The molecule has 0 bridgehead atoms. The highest BCUT2D eigenvalue weighted by Crippen LogP contribution is 2.43. The highest BCUT2D eigenvalue weighted by molar-refractivity contribution is 7.47. The number of phosphoric acid groups is 1. The summed E-state index contributed by atoms with van der Waals surface area (Å²) in [6.07, 6.45) is 77.4. The maximum absolute atomic E-state index is 12.7. The smallest absolute Gasteiger partial charge is 0.457 e. The molecule has 0 fully saturated rings. The zero-order chi connectivity index (χ0) is 50.8. The zero-order valence-electron chi connectivity index (χ0n) is 45.2. The molecule has 0 rings (SSSR count). The number of hydrogen-bond acceptors (Lipinski definition) is 7. The van der Waals surface area contributed by atoms with Crippen molar-refractivity contribution in [2.75, 3.05) is 33.0 Å². The Morgan fingerprint density at radius 3 is 1.20 bits per heavy atom. The van der Waals surface area contributed by atoms with E-state index in [1.54, 1.807) is 0 Å². The SMILES string of the molecule is CC/C=C\C/C=C\C/C=C\C/C=C\C/C=C\C/C=C\CCCCCCCCC(=O)OC(COCCCCCCCCCCCCCCCC/C=C\C/C=C\CCCCCCC)COP(=O)(O)OCCN. The maximum Gasteiger partial charge on any atom is 0.472 e. The Hall–Kier alpha value is -2.58. The van der Waals surface area contributed by atoms with Gasteiger partial charge in [0.1, 0.15) is 6.10 Å². The van der Waals surface area contributed by atoms with E-state index in [0.717, 1.165) is 89.9 Å². The number of allylic oxidation sites excluding steroid dienone is 16. The minimum atomic E-state index is -4.30. The third-order valence-corrected chi connectivity index (χ3v) is 13.0. The number of ether oxygens (including phenoxy) is 2. The van der Waals surface area contributed by atoms with Crippen LogP contribution in [-0.2, 0) is 27.9 Å². The Morgan fingerprint density at radius 1 is 0.443 bits per heavy atom. The molecule has 0 aliphatic heterocycles. The molecule has 0 aromatic rings. The van der Waals surface area contributed by atoms with Crippen molar-refractivity contribution in [3.8, 4) is 0 Å². The number of carbonyl (C=O) groups excluding carboxylic acids is 1. The molecule has 3 N–H and O–H groups in total. The van der Waals surface area contributed by atoms with Crippen LogP contribution >= 0.6 is 7.82 Å². The summed E-state index contributed by atoms with van der Waals surface area (Å²) in [5.74, 6) is -0.345. The molecule has 0 aromatic carbocycles. The van der Waals surface area contributed by atoms with Crippen LogP contribution in [0.15, 0.2) is 97.2 Å². The lowest BCUT2D eigenvalue weighted by Gasteiger charge is -2.20. The van der Waals surface area contributed by atoms with Crippen molar-refractivity contribution in [3.63, 3.8) is 0 Å². The summed E-state index contributed by atoms with van der Waals surface area (Å²) in [7, 11) is -4.30. The minimum absolute atomic E-state index is 0.0932. The van der Waals surface area contributed by atoms with Gasteiger partial charge in [0.2, 0.25) is 0 Å². The third-order valence-electron chi connectivity index (χ3n) is 12.0. The van der Waals surface area contributed by atoms with Crippen LogP contribution in [0.5, 0.6) is 0 Å². The van der Waals surface area contributed by atoms with Gasteiger partial charge in [-0.3, -0.25) is 13.8 Å². The van der Waals surface area contributed by atoms with Crippen molar-refractivity contribution < 1.29 is 32.8 Å². The molecular weight excluding hydrogens is 890 g/mol. The van der Waals surface area contributed by atoms with Crippen molar-refractivity contribution in [1.82, 2.24) is 0 Å². The number of nitrogens with two attached hydrogens (primary N) is 1. The lowest BCUT2D eigenvalue weighted by Crippen LogP contribution is -2.28. The van der Waals surface area contributed by atoms with Gasteiger partial charge in [-0.05, 0) is 96.3 Å². The summed E-state index contributed by atoms with van der Waals surface area (Å²) in [6, 6.07) is 0. The molecule has 0 saturated heterocycles. The monoisotopic (exact) mass is 998 g/mol. The highest BCUT2D eigenvalue weighted by atomic mass is 31.2. The molecule has 404 valence electrons. The van der Waals surface area contributed by atoms with Gasteiger partial charge in [-0.15, -0.1) is 0 Å². The summed E-state index contributed by atoms with van der Waals surface area (Å²) in [6.45, 7) is 4.79. The zero-order valence-corrected chi connectivity index (χ0v) is 46.1. The van der Waals surface area contributed by atoms with Crippen LogP contribution in [-0.4, -0.2) is 49.9 Å². The Balaban J connectivity index is 3.95. The first-order valence-corrected chi connectivity index (χ1v) is 30.2. The lowest BCUT2D eigenvalue weighted by molar-refractivity contribution is -0.154. The van der Waals surface area contributed by atoms with Crippen LogP contribution in [0.3, 0.4) is 0 Å². The Morgan fingerprint density at radius 2 is 0.800 bits per heavy atom. The molecule has 0 amide bonds. The predicted octanol–water partition coefficient (Wildman–Crippen LogP) is 18.5. The fraction of sp³-hybridized carbons (Fsp3) is 0.721. The first kappa shape index (κ1) is 67.4. The summed E-state index contributed by atoms with van der Waals surface area (Å²) in [5.41, 5.74) is 5.40. The van der Waals surface area contributed by atoms with E-state index in [2.05, 4.69) is 111 Å². The van der Waals surface area contributed by atoms with Crippen LogP contribution in [0.4, 0.5) is 0 Å². The molecule has 0 aromatic heterocycles. The number of rotatable bonds is 54. The van der Waals surface area contributed by atoms with Crippen molar-refractivity contribution >= 4 is 13.8 Å². The van der Waals surface area contributed by atoms with Crippen LogP contribution in [0, 0.1) is 0 Å². The second-order valence-corrected chi connectivity index (χ2v) is 20.2. The van der Waals surface area contributed by atoms with E-state index in [4.69, 9.17) is 24.3 Å². The first-order valence-electron chi connectivity index (χ1n) is 28.7. The number of carbonyl (C=O) groups is 1. The van der Waals surface area contributed by atoms with Gasteiger partial charge >= 0.3 is 13.8 Å². The van der Waals surface area contributed by atoms with Crippen LogP contribution in [0.1, 0.15) is 245 Å². The Kier molecular flexibility index (Phi) is 55.2. The van der Waals surface area contributed by atoms with E-state index in [9.17, 15) is 14.3 Å². The number of hydrogen-bond donors (Lipinski definition) is 2. The van der Waals surface area contributed by atoms with Crippen molar-refractivity contribution in [2.45, 2.75) is 251 Å². The van der Waals surface area contributed by atoms with Gasteiger partial charge in [-0.1, -0.05) is 239 Å². The molecule has 0 spiro atoms. The fourth-order valence-electron chi connectivity index (χ4n) is 7.80. The van der Waals surface area contributed by atoms with E-state index in [0.29, 0.717) is 13.0 Å². The number of esters is 1. The van der Waals surface area contributed by atoms with E-state index in [1.165, 1.54) is 135 Å². The van der Waals surface area contributed by atoms with Gasteiger partial charge in [-0.2, -0.15) is 0 Å². The largest absolute Gasteiger partial charge is 0.472 e. The molecule has 2 unspecified atom stereocenters. The molecule has 0 aliphatic carbocycles. The molecule has 0 radical (unpaired) electrons. The Labute approximate surface area is 431 Å². The molecule has 0 heterocycles. The molecule has 9 heteroatoms.